The van der Waals surface area contributed by atoms with Crippen LogP contribution in [0.2, 0.25) is 10.0 Å². The van der Waals surface area contributed by atoms with Crippen LogP contribution in [0.4, 0.5) is 0 Å². The van der Waals surface area contributed by atoms with Crippen LogP contribution in [0.15, 0.2) is 36.4 Å². The van der Waals surface area contributed by atoms with Gasteiger partial charge in [-0.3, -0.25) is 4.90 Å². The number of aromatic nitrogens is 4. The molecule has 1 aliphatic heterocycles. The van der Waals surface area contributed by atoms with Gasteiger partial charge in [-0.15, -0.1) is 5.10 Å². The molecule has 2 heterocycles. The molecule has 1 unspecified atom stereocenters. The van der Waals surface area contributed by atoms with Crippen molar-refractivity contribution in [3.63, 3.8) is 0 Å². The van der Waals surface area contributed by atoms with Crippen LogP contribution in [0.1, 0.15) is 28.6 Å². The number of morpholine rings is 1. The molecule has 1 aliphatic rings. The number of halogens is 2. The summed E-state index contributed by atoms with van der Waals surface area (Å²) in [5, 5.41) is 13.9. The van der Waals surface area contributed by atoms with Crippen LogP contribution in [0.5, 0.6) is 0 Å². The molecule has 0 spiro atoms. The zero-order valence-electron chi connectivity index (χ0n) is 15.8. The smallest absolute Gasteiger partial charge is 0.178 e. The molecule has 0 amide bonds. The first-order valence-corrected chi connectivity index (χ1v) is 9.93. The molecular weight excluding hydrogens is 397 g/mol. The molecule has 0 N–H and O–H groups in total. The molecule has 1 fully saturated rings. The van der Waals surface area contributed by atoms with Crippen LogP contribution in [0.3, 0.4) is 0 Å². The van der Waals surface area contributed by atoms with Crippen LogP contribution in [0.25, 0.3) is 5.69 Å². The van der Waals surface area contributed by atoms with E-state index in [1.54, 1.807) is 6.07 Å². The molecule has 28 heavy (non-hydrogen) atoms. The van der Waals surface area contributed by atoms with Crippen molar-refractivity contribution in [3.05, 3.63) is 69.0 Å². The number of ether oxygens (including phenoxy) is 1. The molecule has 4 rings (SSSR count). The van der Waals surface area contributed by atoms with Crippen LogP contribution in [-0.4, -0.2) is 51.4 Å². The Bertz CT molecular complexity index is 964. The van der Waals surface area contributed by atoms with Crippen molar-refractivity contribution < 1.29 is 4.74 Å². The van der Waals surface area contributed by atoms with Gasteiger partial charge in [-0.25, -0.2) is 0 Å². The van der Waals surface area contributed by atoms with Crippen molar-refractivity contribution in [2.45, 2.75) is 19.9 Å². The number of hydrogen-bond donors (Lipinski definition) is 0. The van der Waals surface area contributed by atoms with Crippen molar-refractivity contribution in [1.29, 1.82) is 0 Å². The van der Waals surface area contributed by atoms with Crippen molar-refractivity contribution in [3.8, 4) is 5.69 Å². The van der Waals surface area contributed by atoms with Crippen LogP contribution >= 0.6 is 23.2 Å². The Morgan fingerprint density at radius 3 is 2.43 bits per heavy atom. The summed E-state index contributed by atoms with van der Waals surface area (Å²) in [7, 11) is 0. The Hall–Kier alpha value is -1.99. The van der Waals surface area contributed by atoms with E-state index < -0.39 is 0 Å². The van der Waals surface area contributed by atoms with Crippen molar-refractivity contribution >= 4 is 23.2 Å². The molecule has 0 saturated carbocycles. The Labute approximate surface area is 174 Å². The highest BCUT2D eigenvalue weighted by molar-refractivity contribution is 6.35. The predicted octanol–water partition coefficient (Wildman–Crippen LogP) is 4.01. The van der Waals surface area contributed by atoms with Gasteiger partial charge in [0.05, 0.1) is 24.9 Å². The molecule has 146 valence electrons. The summed E-state index contributed by atoms with van der Waals surface area (Å²) in [5.74, 6) is 0.725. The van der Waals surface area contributed by atoms with Gasteiger partial charge in [0.15, 0.2) is 5.82 Å². The first-order valence-electron chi connectivity index (χ1n) is 9.18. The lowest BCUT2D eigenvalue weighted by Crippen LogP contribution is -2.40. The summed E-state index contributed by atoms with van der Waals surface area (Å²) in [6, 6.07) is 11.5. The van der Waals surface area contributed by atoms with E-state index in [1.165, 1.54) is 0 Å². The maximum atomic E-state index is 6.60. The van der Waals surface area contributed by atoms with Gasteiger partial charge in [0, 0.05) is 23.1 Å². The lowest BCUT2D eigenvalue weighted by molar-refractivity contribution is 0.0220. The Kier molecular flexibility index (Phi) is 5.64. The van der Waals surface area contributed by atoms with E-state index in [-0.39, 0.29) is 6.04 Å². The van der Waals surface area contributed by atoms with Gasteiger partial charge >= 0.3 is 0 Å². The van der Waals surface area contributed by atoms with E-state index in [4.69, 9.17) is 27.9 Å². The van der Waals surface area contributed by atoms with Gasteiger partial charge in [-0.2, -0.15) is 4.68 Å². The Balaban J connectivity index is 1.88. The predicted molar refractivity (Wildman–Crippen MR) is 109 cm³/mol. The summed E-state index contributed by atoms with van der Waals surface area (Å²) < 4.78 is 7.38. The minimum atomic E-state index is -0.206. The molecule has 0 radical (unpaired) electrons. The van der Waals surface area contributed by atoms with E-state index >= 15 is 0 Å². The molecule has 8 heteroatoms. The average molecular weight is 418 g/mol. The minimum Gasteiger partial charge on any atom is -0.379 e. The number of tetrazole rings is 1. The van der Waals surface area contributed by atoms with Gasteiger partial charge in [0.2, 0.25) is 0 Å². The fourth-order valence-electron chi connectivity index (χ4n) is 3.72. The maximum absolute atomic E-state index is 6.60. The minimum absolute atomic E-state index is 0.206. The number of aryl methyl sites for hydroxylation is 2. The number of rotatable bonds is 4. The first kappa shape index (κ1) is 19.3. The second kappa shape index (κ2) is 8.17. The first-order chi connectivity index (χ1) is 13.6. The number of benzene rings is 2. The zero-order chi connectivity index (χ0) is 19.7. The lowest BCUT2D eigenvalue weighted by atomic mass is 10.0. The molecule has 1 saturated heterocycles. The standard InChI is InChI=1S/C20H21Cl2N5O/c1-13-4-3-5-14(2)18(13)27-20(23-24-25-27)19(26-8-10-28-11-9-26)16-7-6-15(21)12-17(16)22/h3-7,12,19H,8-11H2,1-2H3. The van der Waals surface area contributed by atoms with E-state index in [0.717, 1.165) is 41.3 Å². The summed E-state index contributed by atoms with van der Waals surface area (Å²) >= 11 is 12.7. The summed E-state index contributed by atoms with van der Waals surface area (Å²) in [6.07, 6.45) is 0. The fourth-order valence-corrected chi connectivity index (χ4v) is 4.23. The Morgan fingerprint density at radius 1 is 1.04 bits per heavy atom. The van der Waals surface area contributed by atoms with E-state index in [0.29, 0.717) is 23.3 Å². The average Bonchev–Trinajstić information content (AvgIpc) is 3.13. The largest absolute Gasteiger partial charge is 0.379 e. The Morgan fingerprint density at radius 2 is 1.75 bits per heavy atom. The highest BCUT2D eigenvalue weighted by Crippen LogP contribution is 2.35. The topological polar surface area (TPSA) is 56.1 Å². The van der Waals surface area contributed by atoms with Gasteiger partial charge in [-0.1, -0.05) is 47.5 Å². The summed E-state index contributed by atoms with van der Waals surface area (Å²) in [6.45, 7) is 6.98. The summed E-state index contributed by atoms with van der Waals surface area (Å²) in [4.78, 5) is 2.30. The molecule has 1 aromatic heterocycles. The second-order valence-corrected chi connectivity index (χ2v) is 7.75. The molecule has 1 atom stereocenters. The van der Waals surface area contributed by atoms with Crippen molar-refractivity contribution in [2.75, 3.05) is 26.3 Å². The van der Waals surface area contributed by atoms with Crippen LogP contribution < -0.4 is 0 Å². The van der Waals surface area contributed by atoms with E-state index in [2.05, 4.69) is 46.4 Å². The van der Waals surface area contributed by atoms with Gasteiger partial charge in [-0.05, 0) is 53.1 Å². The number of nitrogens with zero attached hydrogens (tertiary/aromatic N) is 5. The highest BCUT2D eigenvalue weighted by atomic mass is 35.5. The number of hydrogen-bond acceptors (Lipinski definition) is 5. The third-order valence-corrected chi connectivity index (χ3v) is 5.62. The molecular formula is C20H21Cl2N5O. The molecule has 0 aliphatic carbocycles. The van der Waals surface area contributed by atoms with E-state index in [1.807, 2.05) is 22.9 Å². The molecule has 6 nitrogen and oxygen atoms in total. The van der Waals surface area contributed by atoms with Crippen molar-refractivity contribution in [2.24, 2.45) is 0 Å². The zero-order valence-corrected chi connectivity index (χ0v) is 17.3. The fraction of sp³-hybridized carbons (Fsp3) is 0.350. The van der Waals surface area contributed by atoms with Gasteiger partial charge < -0.3 is 4.74 Å². The van der Waals surface area contributed by atoms with Crippen LogP contribution in [0, 0.1) is 13.8 Å². The number of para-hydroxylation sites is 1. The third kappa shape index (κ3) is 3.65. The molecule has 2 aromatic carbocycles. The second-order valence-electron chi connectivity index (χ2n) is 6.91. The third-order valence-electron chi connectivity index (χ3n) is 5.06. The molecule has 0 bridgehead atoms. The molecule has 3 aromatic rings. The quantitative estimate of drug-likeness (QED) is 0.641. The SMILES string of the molecule is Cc1cccc(C)c1-n1nnnc1C(c1ccc(Cl)cc1Cl)N1CCOCC1. The summed E-state index contributed by atoms with van der Waals surface area (Å²) in [5.41, 5.74) is 4.13. The van der Waals surface area contributed by atoms with Crippen LogP contribution in [-0.2, 0) is 4.74 Å². The normalized spacial score (nSPS) is 16.3. The van der Waals surface area contributed by atoms with Gasteiger partial charge in [0.1, 0.15) is 0 Å². The van der Waals surface area contributed by atoms with E-state index in [9.17, 15) is 0 Å². The monoisotopic (exact) mass is 417 g/mol. The maximum Gasteiger partial charge on any atom is 0.178 e. The lowest BCUT2D eigenvalue weighted by Gasteiger charge is -2.34. The van der Waals surface area contributed by atoms with Gasteiger partial charge in [0.25, 0.3) is 0 Å². The highest BCUT2D eigenvalue weighted by Gasteiger charge is 2.31. The van der Waals surface area contributed by atoms with Crippen molar-refractivity contribution in [1.82, 2.24) is 25.1 Å².